The topological polar surface area (TPSA) is 37.2 Å². The van der Waals surface area contributed by atoms with Gasteiger partial charge in [-0.05, 0) is 20.8 Å². The number of hydrogen-bond donors (Lipinski definition) is 0. The predicted molar refractivity (Wildman–Crippen MR) is 75.9 cm³/mol. The first-order valence-corrected chi connectivity index (χ1v) is 8.41. The smallest absolute Gasteiger partial charge is 0.0589 e. The first kappa shape index (κ1) is 14.9. The van der Waals surface area contributed by atoms with Crippen molar-refractivity contribution >= 4 is 9.62 Å². The van der Waals surface area contributed by atoms with E-state index in [4.69, 9.17) is 13.5 Å². The van der Waals surface area contributed by atoms with Gasteiger partial charge >= 0.3 is 0 Å². The van der Waals surface area contributed by atoms with Gasteiger partial charge in [-0.2, -0.15) is 0 Å². The number of methoxy groups -OCH3 is 1. The Morgan fingerprint density at radius 2 is 1.94 bits per heavy atom. The minimum absolute atomic E-state index is 0.408. The van der Waals surface area contributed by atoms with E-state index in [-0.39, 0.29) is 0 Å². The lowest BCUT2D eigenvalue weighted by Crippen LogP contribution is -2.41. The van der Waals surface area contributed by atoms with Gasteiger partial charge in [-0.15, -0.1) is 0 Å². The zero-order valence-corrected chi connectivity index (χ0v) is 12.5. The van der Waals surface area contributed by atoms with E-state index in [1.54, 1.807) is 7.11 Å². The lowest BCUT2D eigenvalue weighted by molar-refractivity contribution is 0.153. The van der Waals surface area contributed by atoms with Crippen LogP contribution in [-0.4, -0.2) is 62.3 Å². The molecule has 0 saturated carbocycles. The minimum atomic E-state index is -1.04. The number of rotatable bonds is 5. The van der Waals surface area contributed by atoms with Crippen molar-refractivity contribution in [3.05, 3.63) is 0 Å². The summed E-state index contributed by atoms with van der Waals surface area (Å²) in [5.74, 6) is 2.28. The molecule has 0 unspecified atom stereocenters. The summed E-state index contributed by atoms with van der Waals surface area (Å²) >= 11 is 0. The average molecular weight is 261 g/mol. The first-order valence-electron chi connectivity index (χ1n) is 6.52. The van der Waals surface area contributed by atoms with Crippen LogP contribution >= 0.6 is 0 Å². The number of nitrogens with zero attached hydrogens (tertiary/aromatic N) is 3. The van der Waals surface area contributed by atoms with Crippen LogP contribution in [0.3, 0.4) is 0 Å². The van der Waals surface area contributed by atoms with E-state index in [0.717, 1.165) is 44.3 Å². The van der Waals surface area contributed by atoms with Crippen molar-refractivity contribution in [2.24, 2.45) is 8.73 Å². The van der Waals surface area contributed by atoms with E-state index < -0.39 is 9.62 Å². The third-order valence-electron chi connectivity index (χ3n) is 2.86. The van der Waals surface area contributed by atoms with Crippen LogP contribution in [0.25, 0.3) is 0 Å². The molecule has 0 radical (unpaired) electrons. The molecule has 0 bridgehead atoms. The van der Waals surface area contributed by atoms with Gasteiger partial charge in [0.1, 0.15) is 0 Å². The third-order valence-corrected chi connectivity index (χ3v) is 6.08. The average Bonchev–Trinajstić information content (AvgIpc) is 2.28. The molecule has 0 aromatic carbocycles. The van der Waals surface area contributed by atoms with Crippen molar-refractivity contribution in [1.82, 2.24) is 4.90 Å². The van der Waals surface area contributed by atoms with Crippen molar-refractivity contribution in [2.45, 2.75) is 26.8 Å². The summed E-state index contributed by atoms with van der Waals surface area (Å²) in [6, 6.07) is 0.408. The summed E-state index contributed by atoms with van der Waals surface area (Å²) in [4.78, 5) is 2.47. The minimum Gasteiger partial charge on any atom is -0.383 e. The molecular formula is C12H27N3OS. The maximum Gasteiger partial charge on any atom is 0.0589 e. The summed E-state index contributed by atoms with van der Waals surface area (Å²) in [5.41, 5.74) is 0. The van der Waals surface area contributed by atoms with Crippen LogP contribution in [0.15, 0.2) is 8.73 Å². The highest BCUT2D eigenvalue weighted by Crippen LogP contribution is 2.12. The zero-order valence-electron chi connectivity index (χ0n) is 11.7. The molecule has 0 aromatic heterocycles. The van der Waals surface area contributed by atoms with Gasteiger partial charge in [0.15, 0.2) is 0 Å². The van der Waals surface area contributed by atoms with Crippen molar-refractivity contribution in [3.8, 4) is 0 Å². The van der Waals surface area contributed by atoms with Gasteiger partial charge in [0.05, 0.1) is 12.6 Å². The molecule has 0 spiro atoms. The number of hydrogen-bond acceptors (Lipinski definition) is 4. The molecule has 1 saturated heterocycles. The fourth-order valence-corrected chi connectivity index (χ4v) is 5.22. The third kappa shape index (κ3) is 4.94. The Bertz CT molecular complexity index is 319. The molecule has 1 fully saturated rings. The lowest BCUT2D eigenvalue weighted by Gasteiger charge is -2.31. The normalized spacial score (nSPS) is 20.5. The van der Waals surface area contributed by atoms with Crippen LogP contribution in [0.5, 0.6) is 0 Å². The summed E-state index contributed by atoms with van der Waals surface area (Å²) in [6.45, 7) is 11.5. The van der Waals surface area contributed by atoms with E-state index in [9.17, 15) is 0 Å². The maximum atomic E-state index is 5.13. The monoisotopic (exact) mass is 261 g/mol. The standard InChI is InChI=1S/C12H27N3OS/c1-5-13-17(14-12(2)3)10-7-15(8-11-17)6-9-16-4/h12H,5-11H2,1-4H3. The molecule has 5 heteroatoms. The van der Waals surface area contributed by atoms with Gasteiger partial charge < -0.3 is 4.74 Å². The summed E-state index contributed by atoms with van der Waals surface area (Å²) in [6.07, 6.45) is 0. The Labute approximate surface area is 107 Å². The van der Waals surface area contributed by atoms with E-state index in [1.165, 1.54) is 0 Å². The highest BCUT2D eigenvalue weighted by molar-refractivity contribution is 7.95. The van der Waals surface area contributed by atoms with Crippen molar-refractivity contribution in [1.29, 1.82) is 0 Å². The molecule has 0 amide bonds. The van der Waals surface area contributed by atoms with E-state index >= 15 is 0 Å². The van der Waals surface area contributed by atoms with Crippen LogP contribution in [0.4, 0.5) is 0 Å². The quantitative estimate of drug-likeness (QED) is 0.758. The summed E-state index contributed by atoms with van der Waals surface area (Å²) in [5, 5.41) is 0. The molecule has 1 aliphatic heterocycles. The molecule has 1 rings (SSSR count). The molecule has 0 aliphatic carbocycles. The highest BCUT2D eigenvalue weighted by atomic mass is 32.2. The van der Waals surface area contributed by atoms with Crippen molar-refractivity contribution < 1.29 is 4.74 Å². The molecule has 1 aliphatic rings. The Hall–Kier alpha value is -0.130. The van der Waals surface area contributed by atoms with Gasteiger partial charge in [0.2, 0.25) is 0 Å². The molecule has 1 heterocycles. The second-order valence-corrected chi connectivity index (χ2v) is 7.58. The Morgan fingerprint density at radius 1 is 1.29 bits per heavy atom. The van der Waals surface area contributed by atoms with Crippen molar-refractivity contribution in [2.75, 3.05) is 51.4 Å². The second kappa shape index (κ2) is 7.34. The van der Waals surface area contributed by atoms with Crippen LogP contribution in [0.1, 0.15) is 20.8 Å². The van der Waals surface area contributed by atoms with Gasteiger partial charge in [0.25, 0.3) is 0 Å². The first-order chi connectivity index (χ1) is 8.12. The molecule has 17 heavy (non-hydrogen) atoms. The summed E-state index contributed by atoms with van der Waals surface area (Å²) < 4.78 is 14.9. The lowest BCUT2D eigenvalue weighted by atomic mass is 10.4. The molecule has 0 aromatic rings. The Balaban J connectivity index is 2.66. The van der Waals surface area contributed by atoms with Gasteiger partial charge in [-0.1, -0.05) is 9.62 Å². The zero-order chi connectivity index (χ0) is 12.7. The largest absolute Gasteiger partial charge is 0.383 e. The van der Waals surface area contributed by atoms with Crippen LogP contribution in [-0.2, 0) is 14.4 Å². The predicted octanol–water partition coefficient (Wildman–Crippen LogP) is 1.90. The molecule has 4 nitrogen and oxygen atoms in total. The van der Waals surface area contributed by atoms with E-state index in [1.807, 2.05) is 0 Å². The highest BCUT2D eigenvalue weighted by Gasteiger charge is 2.18. The molecule has 0 N–H and O–H groups in total. The fraction of sp³-hybridized carbons (Fsp3) is 1.00. The Kier molecular flexibility index (Phi) is 6.44. The maximum absolute atomic E-state index is 5.13. The van der Waals surface area contributed by atoms with Gasteiger partial charge in [-0.3, -0.25) is 13.6 Å². The van der Waals surface area contributed by atoms with Crippen LogP contribution in [0, 0.1) is 0 Å². The van der Waals surface area contributed by atoms with E-state index in [0.29, 0.717) is 6.04 Å². The molecular weight excluding hydrogens is 234 g/mol. The molecule has 0 atom stereocenters. The van der Waals surface area contributed by atoms with Gasteiger partial charge in [0, 0.05) is 44.8 Å². The van der Waals surface area contributed by atoms with Crippen LogP contribution in [0.2, 0.25) is 0 Å². The summed E-state index contributed by atoms with van der Waals surface area (Å²) in [7, 11) is 0.726. The SMILES string of the molecule is CCN=S1(=NC(C)C)CCN(CCOC)CC1. The molecule has 102 valence electrons. The number of ether oxygens (including phenoxy) is 1. The van der Waals surface area contributed by atoms with E-state index in [2.05, 4.69) is 25.7 Å². The van der Waals surface area contributed by atoms with Gasteiger partial charge in [-0.25, -0.2) is 0 Å². The van der Waals surface area contributed by atoms with Crippen molar-refractivity contribution in [3.63, 3.8) is 0 Å². The fourth-order valence-electron chi connectivity index (χ4n) is 2.11. The van der Waals surface area contributed by atoms with Crippen LogP contribution < -0.4 is 0 Å². The second-order valence-electron chi connectivity index (χ2n) is 4.69. The Morgan fingerprint density at radius 3 is 2.41 bits per heavy atom.